The Balaban J connectivity index is 2.30. The molecule has 0 aliphatic heterocycles. The molecule has 0 fully saturated rings. The molecule has 1 heterocycles. The summed E-state index contributed by atoms with van der Waals surface area (Å²) in [6.07, 6.45) is -0.274. The second kappa shape index (κ2) is 6.61. The van der Waals surface area contributed by atoms with Crippen LogP contribution in [0, 0.1) is 0 Å². The average Bonchev–Trinajstić information content (AvgIpc) is 2.84. The van der Waals surface area contributed by atoms with Crippen molar-refractivity contribution in [3.05, 3.63) is 39.9 Å². The average molecular weight is 362 g/mol. The Morgan fingerprint density at radius 1 is 1.45 bits per heavy atom. The number of carbonyl (C=O) groups is 1. The molecule has 0 atom stereocenters. The maximum Gasteiger partial charge on any atom is 0.309 e. The summed E-state index contributed by atoms with van der Waals surface area (Å²) in [4.78, 5) is 14.5. The number of rotatable bonds is 6. The van der Waals surface area contributed by atoms with E-state index in [1.165, 1.54) is 17.5 Å². The monoisotopic (exact) mass is 361 g/mol. The fourth-order valence-electron chi connectivity index (χ4n) is 1.75. The van der Waals surface area contributed by atoms with Gasteiger partial charge in [0.05, 0.1) is 17.0 Å². The van der Waals surface area contributed by atoms with Gasteiger partial charge in [-0.25, -0.2) is 13.4 Å². The third kappa shape index (κ3) is 3.74. The fourth-order valence-corrected chi connectivity index (χ4v) is 4.29. The van der Waals surface area contributed by atoms with Crippen molar-refractivity contribution in [3.63, 3.8) is 0 Å². The first-order chi connectivity index (χ1) is 10.3. The van der Waals surface area contributed by atoms with Crippen LogP contribution in [-0.2, 0) is 27.8 Å². The second-order valence-corrected chi connectivity index (χ2v) is 7.16. The number of aromatic nitrogens is 1. The number of hydrogen-bond donors (Lipinski definition) is 3. The van der Waals surface area contributed by atoms with Crippen molar-refractivity contribution in [2.45, 2.75) is 17.9 Å². The van der Waals surface area contributed by atoms with Gasteiger partial charge in [0.2, 0.25) is 0 Å². The number of carboxylic acid groups (broad SMARTS) is 1. The number of carboxylic acids is 1. The molecule has 1 aromatic carbocycles. The van der Waals surface area contributed by atoms with Gasteiger partial charge < -0.3 is 10.8 Å². The quantitative estimate of drug-likeness (QED) is 0.719. The lowest BCUT2D eigenvalue weighted by atomic mass is 10.2. The van der Waals surface area contributed by atoms with E-state index < -0.39 is 16.0 Å². The predicted molar refractivity (Wildman–Crippen MR) is 83.6 cm³/mol. The van der Waals surface area contributed by atoms with Crippen LogP contribution in [0.5, 0.6) is 0 Å². The SMILES string of the molecule is NCc1c(Cl)cccc1S(=O)(=O)Nc1nc(CC(=O)O)cs1. The smallest absolute Gasteiger partial charge is 0.309 e. The highest BCUT2D eigenvalue weighted by molar-refractivity contribution is 7.93. The summed E-state index contributed by atoms with van der Waals surface area (Å²) < 4.78 is 27.1. The van der Waals surface area contributed by atoms with Gasteiger partial charge in [0.25, 0.3) is 10.0 Å². The molecule has 0 radical (unpaired) electrons. The molecular weight excluding hydrogens is 350 g/mol. The van der Waals surface area contributed by atoms with E-state index in [1.807, 2.05) is 0 Å². The number of benzene rings is 1. The summed E-state index contributed by atoms with van der Waals surface area (Å²) in [7, 11) is -3.91. The third-order valence-electron chi connectivity index (χ3n) is 2.68. The van der Waals surface area contributed by atoms with Crippen molar-refractivity contribution in [1.82, 2.24) is 4.98 Å². The van der Waals surface area contributed by atoms with Crippen LogP contribution >= 0.6 is 22.9 Å². The van der Waals surface area contributed by atoms with E-state index in [0.717, 1.165) is 11.3 Å². The van der Waals surface area contributed by atoms with Gasteiger partial charge in [-0.05, 0) is 12.1 Å². The van der Waals surface area contributed by atoms with Crippen molar-refractivity contribution < 1.29 is 18.3 Å². The number of nitrogens with one attached hydrogen (secondary N) is 1. The lowest BCUT2D eigenvalue weighted by molar-refractivity contribution is -0.136. The number of hydrogen-bond acceptors (Lipinski definition) is 6. The van der Waals surface area contributed by atoms with Gasteiger partial charge in [0.15, 0.2) is 5.13 Å². The van der Waals surface area contributed by atoms with Gasteiger partial charge in [0, 0.05) is 22.5 Å². The zero-order valence-electron chi connectivity index (χ0n) is 11.1. The summed E-state index contributed by atoms with van der Waals surface area (Å²) in [5, 5.41) is 10.5. The first-order valence-corrected chi connectivity index (χ1v) is 8.74. The molecule has 1 aromatic heterocycles. The highest BCUT2D eigenvalue weighted by atomic mass is 35.5. The van der Waals surface area contributed by atoms with E-state index in [1.54, 1.807) is 6.07 Å². The van der Waals surface area contributed by atoms with Crippen molar-refractivity contribution >= 4 is 44.1 Å². The van der Waals surface area contributed by atoms with Crippen LogP contribution in [0.15, 0.2) is 28.5 Å². The van der Waals surface area contributed by atoms with E-state index in [-0.39, 0.29) is 33.7 Å². The number of nitrogens with two attached hydrogens (primary N) is 1. The minimum atomic E-state index is -3.91. The summed E-state index contributed by atoms with van der Waals surface area (Å²) in [5.74, 6) is -1.04. The number of halogens is 1. The number of sulfonamides is 1. The molecule has 2 rings (SSSR count). The summed E-state index contributed by atoms with van der Waals surface area (Å²) in [5.41, 5.74) is 6.13. The molecule has 0 unspecified atom stereocenters. The maximum atomic E-state index is 12.4. The van der Waals surface area contributed by atoms with Crippen LogP contribution in [0.4, 0.5) is 5.13 Å². The van der Waals surface area contributed by atoms with E-state index in [0.29, 0.717) is 5.56 Å². The molecule has 0 aliphatic rings. The highest BCUT2D eigenvalue weighted by Crippen LogP contribution is 2.26. The molecule has 0 spiro atoms. The van der Waals surface area contributed by atoms with Crippen LogP contribution in [0.25, 0.3) is 0 Å². The van der Waals surface area contributed by atoms with Gasteiger partial charge in [-0.15, -0.1) is 11.3 Å². The Hall–Kier alpha value is -1.68. The van der Waals surface area contributed by atoms with Gasteiger partial charge in [0.1, 0.15) is 0 Å². The fraction of sp³-hybridized carbons (Fsp3) is 0.167. The van der Waals surface area contributed by atoms with Crippen molar-refractivity contribution in [1.29, 1.82) is 0 Å². The van der Waals surface area contributed by atoms with Crippen molar-refractivity contribution in [2.24, 2.45) is 5.73 Å². The minimum absolute atomic E-state index is 0.0297. The molecule has 0 saturated heterocycles. The number of anilines is 1. The molecule has 0 amide bonds. The minimum Gasteiger partial charge on any atom is -0.481 e. The van der Waals surface area contributed by atoms with Gasteiger partial charge in [-0.3, -0.25) is 9.52 Å². The van der Waals surface area contributed by atoms with Gasteiger partial charge in [-0.1, -0.05) is 17.7 Å². The molecule has 10 heteroatoms. The van der Waals surface area contributed by atoms with E-state index >= 15 is 0 Å². The molecule has 7 nitrogen and oxygen atoms in total. The highest BCUT2D eigenvalue weighted by Gasteiger charge is 2.21. The lowest BCUT2D eigenvalue weighted by Crippen LogP contribution is -2.16. The molecule has 4 N–H and O–H groups in total. The zero-order chi connectivity index (χ0) is 16.3. The zero-order valence-corrected chi connectivity index (χ0v) is 13.5. The normalized spacial score (nSPS) is 11.4. The molecule has 22 heavy (non-hydrogen) atoms. The van der Waals surface area contributed by atoms with E-state index in [9.17, 15) is 13.2 Å². The molecule has 0 bridgehead atoms. The Kier molecular flexibility index (Phi) is 5.01. The topological polar surface area (TPSA) is 122 Å². The van der Waals surface area contributed by atoms with Crippen LogP contribution in [0.3, 0.4) is 0 Å². The molecule has 0 saturated carbocycles. The predicted octanol–water partition coefficient (Wildman–Crippen LogP) is 1.68. The Bertz CT molecular complexity index is 804. The largest absolute Gasteiger partial charge is 0.481 e. The van der Waals surface area contributed by atoms with Crippen LogP contribution in [0.2, 0.25) is 5.02 Å². The molecule has 0 aliphatic carbocycles. The maximum absolute atomic E-state index is 12.4. The summed E-state index contributed by atoms with van der Waals surface area (Å²) in [6, 6.07) is 4.45. The Morgan fingerprint density at radius 2 is 2.18 bits per heavy atom. The first kappa shape index (κ1) is 16.7. The Morgan fingerprint density at radius 3 is 2.82 bits per heavy atom. The lowest BCUT2D eigenvalue weighted by Gasteiger charge is -2.10. The van der Waals surface area contributed by atoms with Crippen molar-refractivity contribution in [2.75, 3.05) is 4.72 Å². The summed E-state index contributed by atoms with van der Waals surface area (Å²) in [6.45, 7) is -0.0297. The van der Waals surface area contributed by atoms with Crippen LogP contribution in [0.1, 0.15) is 11.3 Å². The molecular formula is C12H12ClN3O4S2. The first-order valence-electron chi connectivity index (χ1n) is 6.00. The molecule has 2 aromatic rings. The molecule has 118 valence electrons. The van der Waals surface area contributed by atoms with Crippen LogP contribution in [-0.4, -0.2) is 24.5 Å². The standard InChI is InChI=1S/C12H12ClN3O4S2/c13-9-2-1-3-10(8(9)5-14)22(19,20)16-12-15-7(6-21-12)4-11(17)18/h1-3,6H,4-5,14H2,(H,15,16)(H,17,18). The number of thiazole rings is 1. The second-order valence-electron chi connectivity index (χ2n) is 4.24. The third-order valence-corrected chi connectivity index (χ3v) is 5.39. The van der Waals surface area contributed by atoms with Crippen LogP contribution < -0.4 is 10.5 Å². The van der Waals surface area contributed by atoms with Gasteiger partial charge >= 0.3 is 5.97 Å². The Labute approximate surface area is 135 Å². The van der Waals surface area contributed by atoms with E-state index in [2.05, 4.69) is 9.71 Å². The number of aliphatic carboxylic acids is 1. The van der Waals surface area contributed by atoms with Crippen molar-refractivity contribution in [3.8, 4) is 0 Å². The number of nitrogens with zero attached hydrogens (tertiary/aromatic N) is 1. The van der Waals surface area contributed by atoms with Gasteiger partial charge in [-0.2, -0.15) is 0 Å². The summed E-state index contributed by atoms with van der Waals surface area (Å²) >= 11 is 6.95. The van der Waals surface area contributed by atoms with E-state index in [4.69, 9.17) is 22.4 Å².